The summed E-state index contributed by atoms with van der Waals surface area (Å²) in [6.07, 6.45) is 0. The van der Waals surface area contributed by atoms with Crippen molar-refractivity contribution in [1.82, 2.24) is 4.57 Å². The molecule has 0 saturated heterocycles. The van der Waals surface area contributed by atoms with Gasteiger partial charge in [0.2, 0.25) is 5.91 Å². The Labute approximate surface area is 121 Å². The third kappa shape index (κ3) is 2.40. The van der Waals surface area contributed by atoms with E-state index in [-0.39, 0.29) is 5.82 Å². The van der Waals surface area contributed by atoms with Gasteiger partial charge in [-0.05, 0) is 42.6 Å². The van der Waals surface area contributed by atoms with Gasteiger partial charge in [-0.2, -0.15) is 0 Å². The van der Waals surface area contributed by atoms with E-state index in [0.717, 1.165) is 16.6 Å². The topological polar surface area (TPSA) is 48.0 Å². The van der Waals surface area contributed by atoms with Crippen molar-refractivity contribution in [2.75, 3.05) is 0 Å². The predicted octanol–water partition coefficient (Wildman–Crippen LogP) is 3.24. The molecule has 1 amide bonds. The number of primary amides is 1. The molecule has 3 nitrogen and oxygen atoms in total. The second-order valence-electron chi connectivity index (χ2n) is 5.10. The molecule has 3 aromatic rings. The van der Waals surface area contributed by atoms with Gasteiger partial charge in [0, 0.05) is 22.3 Å². The van der Waals surface area contributed by atoms with Crippen LogP contribution in [-0.4, -0.2) is 10.5 Å². The van der Waals surface area contributed by atoms with E-state index in [1.807, 2.05) is 35.8 Å². The lowest BCUT2D eigenvalue weighted by atomic mass is 10.1. The highest BCUT2D eigenvalue weighted by Crippen LogP contribution is 2.22. The standard InChI is InChI=1S/C17H15FN2O/c1-11-8-12-4-2-3-5-16(12)20(11)10-14-9-13(17(19)21)6-7-15(14)18/h2-9H,10H2,1H3,(H2,19,21). The lowest BCUT2D eigenvalue weighted by Crippen LogP contribution is -2.12. The Morgan fingerprint density at radius 3 is 2.71 bits per heavy atom. The van der Waals surface area contributed by atoms with Gasteiger partial charge in [0.25, 0.3) is 0 Å². The Hall–Kier alpha value is -2.62. The minimum absolute atomic E-state index is 0.320. The molecule has 0 fully saturated rings. The Morgan fingerprint density at radius 1 is 1.19 bits per heavy atom. The summed E-state index contributed by atoms with van der Waals surface area (Å²) in [7, 11) is 0. The van der Waals surface area contributed by atoms with Gasteiger partial charge in [-0.1, -0.05) is 18.2 Å². The maximum Gasteiger partial charge on any atom is 0.248 e. The molecule has 106 valence electrons. The SMILES string of the molecule is Cc1cc2ccccc2n1Cc1cc(C(N)=O)ccc1F. The summed E-state index contributed by atoms with van der Waals surface area (Å²) in [6, 6.07) is 14.2. The van der Waals surface area contributed by atoms with Crippen molar-refractivity contribution in [1.29, 1.82) is 0 Å². The Kier molecular flexibility index (Phi) is 3.22. The zero-order valence-electron chi connectivity index (χ0n) is 11.6. The molecule has 0 radical (unpaired) electrons. The lowest BCUT2D eigenvalue weighted by molar-refractivity contribution is 0.1000. The van der Waals surface area contributed by atoms with Crippen LogP contribution in [0.5, 0.6) is 0 Å². The minimum atomic E-state index is -0.551. The monoisotopic (exact) mass is 282 g/mol. The molecule has 2 aromatic carbocycles. The second kappa shape index (κ2) is 5.05. The van der Waals surface area contributed by atoms with Crippen LogP contribution in [0.15, 0.2) is 48.5 Å². The number of aromatic nitrogens is 1. The third-order valence-corrected chi connectivity index (χ3v) is 3.68. The summed E-state index contributed by atoms with van der Waals surface area (Å²) in [4.78, 5) is 11.2. The van der Waals surface area contributed by atoms with E-state index in [0.29, 0.717) is 17.7 Å². The molecular weight excluding hydrogens is 267 g/mol. The van der Waals surface area contributed by atoms with Gasteiger partial charge in [-0.3, -0.25) is 4.79 Å². The zero-order chi connectivity index (χ0) is 15.0. The molecule has 0 spiro atoms. The number of aryl methyl sites for hydroxylation is 1. The number of hydrogen-bond donors (Lipinski definition) is 1. The summed E-state index contributed by atoms with van der Waals surface area (Å²) in [5.41, 5.74) is 8.12. The molecule has 3 rings (SSSR count). The first-order valence-corrected chi connectivity index (χ1v) is 6.69. The number of rotatable bonds is 3. The van der Waals surface area contributed by atoms with E-state index in [9.17, 15) is 9.18 Å². The van der Waals surface area contributed by atoms with Gasteiger partial charge in [-0.25, -0.2) is 4.39 Å². The van der Waals surface area contributed by atoms with Crippen LogP contribution in [-0.2, 0) is 6.54 Å². The van der Waals surface area contributed by atoms with Crippen LogP contribution in [0.4, 0.5) is 4.39 Å². The summed E-state index contributed by atoms with van der Waals surface area (Å²) in [6.45, 7) is 2.35. The molecule has 2 N–H and O–H groups in total. The van der Waals surface area contributed by atoms with Crippen molar-refractivity contribution in [2.45, 2.75) is 13.5 Å². The highest BCUT2D eigenvalue weighted by molar-refractivity contribution is 5.93. The number of nitrogens with zero attached hydrogens (tertiary/aromatic N) is 1. The van der Waals surface area contributed by atoms with Gasteiger partial charge in [0.15, 0.2) is 0 Å². The quantitative estimate of drug-likeness (QED) is 0.787. The van der Waals surface area contributed by atoms with Crippen molar-refractivity contribution < 1.29 is 9.18 Å². The second-order valence-corrected chi connectivity index (χ2v) is 5.10. The van der Waals surface area contributed by atoms with Crippen LogP contribution in [0.2, 0.25) is 0 Å². The number of carbonyl (C=O) groups is 1. The van der Waals surface area contributed by atoms with Gasteiger partial charge in [0.05, 0.1) is 6.54 Å². The van der Waals surface area contributed by atoms with Crippen LogP contribution in [0.1, 0.15) is 21.6 Å². The van der Waals surface area contributed by atoms with E-state index < -0.39 is 5.91 Å². The fourth-order valence-electron chi connectivity index (χ4n) is 2.58. The van der Waals surface area contributed by atoms with Gasteiger partial charge >= 0.3 is 0 Å². The van der Waals surface area contributed by atoms with E-state index in [2.05, 4.69) is 6.07 Å². The normalized spacial score (nSPS) is 11.0. The molecule has 0 aliphatic heterocycles. The maximum atomic E-state index is 14.0. The Morgan fingerprint density at radius 2 is 1.95 bits per heavy atom. The Balaban J connectivity index is 2.08. The van der Waals surface area contributed by atoms with Crippen LogP contribution in [0.3, 0.4) is 0 Å². The number of amides is 1. The molecule has 0 aliphatic rings. The van der Waals surface area contributed by atoms with E-state index in [1.165, 1.54) is 18.2 Å². The number of fused-ring (bicyclic) bond motifs is 1. The molecule has 1 heterocycles. The first kappa shape index (κ1) is 13.4. The number of halogens is 1. The first-order valence-electron chi connectivity index (χ1n) is 6.69. The largest absolute Gasteiger partial charge is 0.366 e. The maximum absolute atomic E-state index is 14.0. The highest BCUT2D eigenvalue weighted by atomic mass is 19.1. The zero-order valence-corrected chi connectivity index (χ0v) is 11.6. The lowest BCUT2D eigenvalue weighted by Gasteiger charge is -2.10. The fourth-order valence-corrected chi connectivity index (χ4v) is 2.58. The molecular formula is C17H15FN2O. The molecule has 21 heavy (non-hydrogen) atoms. The summed E-state index contributed by atoms with van der Waals surface area (Å²) in [5.74, 6) is -0.887. The summed E-state index contributed by atoms with van der Waals surface area (Å²) in [5, 5.41) is 1.11. The number of nitrogens with two attached hydrogens (primary N) is 1. The van der Waals surface area contributed by atoms with Crippen molar-refractivity contribution >= 4 is 16.8 Å². The van der Waals surface area contributed by atoms with Gasteiger partial charge < -0.3 is 10.3 Å². The van der Waals surface area contributed by atoms with Crippen molar-refractivity contribution in [2.24, 2.45) is 5.73 Å². The van der Waals surface area contributed by atoms with E-state index >= 15 is 0 Å². The predicted molar refractivity (Wildman–Crippen MR) is 80.7 cm³/mol. The summed E-state index contributed by atoms with van der Waals surface area (Å²) < 4.78 is 16.0. The number of hydrogen-bond acceptors (Lipinski definition) is 1. The molecule has 0 aliphatic carbocycles. The van der Waals surface area contributed by atoms with Gasteiger partial charge in [0.1, 0.15) is 5.82 Å². The molecule has 0 unspecified atom stereocenters. The number of para-hydroxylation sites is 1. The number of carbonyl (C=O) groups excluding carboxylic acids is 1. The average Bonchev–Trinajstić information content (AvgIpc) is 2.77. The van der Waals surface area contributed by atoms with Crippen molar-refractivity contribution in [3.63, 3.8) is 0 Å². The van der Waals surface area contributed by atoms with Crippen LogP contribution < -0.4 is 5.73 Å². The molecule has 0 saturated carbocycles. The number of benzene rings is 2. The van der Waals surface area contributed by atoms with Gasteiger partial charge in [-0.15, -0.1) is 0 Å². The van der Waals surface area contributed by atoms with Crippen LogP contribution in [0.25, 0.3) is 10.9 Å². The fraction of sp³-hybridized carbons (Fsp3) is 0.118. The van der Waals surface area contributed by atoms with Crippen molar-refractivity contribution in [3.8, 4) is 0 Å². The summed E-state index contributed by atoms with van der Waals surface area (Å²) >= 11 is 0. The third-order valence-electron chi connectivity index (χ3n) is 3.68. The van der Waals surface area contributed by atoms with E-state index in [1.54, 1.807) is 0 Å². The van der Waals surface area contributed by atoms with Crippen LogP contribution in [0, 0.1) is 12.7 Å². The molecule has 1 aromatic heterocycles. The van der Waals surface area contributed by atoms with E-state index in [4.69, 9.17) is 5.73 Å². The minimum Gasteiger partial charge on any atom is -0.366 e. The first-order chi connectivity index (χ1) is 10.1. The smallest absolute Gasteiger partial charge is 0.248 e. The highest BCUT2D eigenvalue weighted by Gasteiger charge is 2.11. The molecule has 0 bridgehead atoms. The Bertz CT molecular complexity index is 836. The average molecular weight is 282 g/mol. The van der Waals surface area contributed by atoms with Crippen molar-refractivity contribution in [3.05, 3.63) is 71.2 Å². The molecule has 0 atom stereocenters. The van der Waals surface area contributed by atoms with Crippen LogP contribution >= 0.6 is 0 Å². The molecule has 4 heteroatoms.